The van der Waals surface area contributed by atoms with E-state index in [0.29, 0.717) is 5.92 Å². The molecule has 0 aromatic heterocycles. The van der Waals surface area contributed by atoms with E-state index in [1.165, 1.54) is 38.8 Å². The average Bonchev–Trinajstić information content (AvgIpc) is 2.80. The molecule has 27 heavy (non-hydrogen) atoms. The molecule has 0 spiro atoms. The first-order chi connectivity index (χ1) is 12.6. The predicted molar refractivity (Wildman–Crippen MR) is 112 cm³/mol. The molecule has 1 amide bonds. The van der Waals surface area contributed by atoms with E-state index < -0.39 is 0 Å². The highest BCUT2D eigenvalue weighted by molar-refractivity contribution is 5.85. The lowest BCUT2D eigenvalue weighted by Gasteiger charge is -2.27. The highest BCUT2D eigenvalue weighted by Gasteiger charge is 2.42. The number of rotatable bonds is 7. The van der Waals surface area contributed by atoms with Crippen molar-refractivity contribution in [2.45, 2.75) is 64.5 Å². The van der Waals surface area contributed by atoms with Gasteiger partial charge in [0.25, 0.3) is 0 Å². The van der Waals surface area contributed by atoms with Crippen LogP contribution in [0.2, 0.25) is 0 Å². The molecule has 4 nitrogen and oxygen atoms in total. The van der Waals surface area contributed by atoms with Crippen LogP contribution in [0.25, 0.3) is 0 Å². The van der Waals surface area contributed by atoms with Crippen molar-refractivity contribution < 1.29 is 9.53 Å². The van der Waals surface area contributed by atoms with E-state index in [0.717, 1.165) is 31.5 Å². The van der Waals surface area contributed by atoms with Gasteiger partial charge in [-0.25, -0.2) is 4.79 Å². The monoisotopic (exact) mass is 394 g/mol. The van der Waals surface area contributed by atoms with Gasteiger partial charge in [0.05, 0.1) is 6.04 Å². The molecule has 2 aliphatic heterocycles. The van der Waals surface area contributed by atoms with Crippen molar-refractivity contribution in [2.75, 3.05) is 26.2 Å². The maximum atomic E-state index is 12.6. The molecule has 0 unspecified atom stereocenters. The predicted octanol–water partition coefficient (Wildman–Crippen LogP) is 5.28. The first kappa shape index (κ1) is 22.0. The van der Waals surface area contributed by atoms with E-state index >= 15 is 0 Å². The molecule has 0 bridgehead atoms. The number of ether oxygens (including phenoxy) is 1. The highest BCUT2D eigenvalue weighted by Crippen LogP contribution is 2.36. The van der Waals surface area contributed by atoms with E-state index in [1.807, 2.05) is 23.1 Å². The van der Waals surface area contributed by atoms with Crippen molar-refractivity contribution in [1.82, 2.24) is 9.80 Å². The van der Waals surface area contributed by atoms with Crippen LogP contribution in [0.4, 0.5) is 4.79 Å². The minimum absolute atomic E-state index is 0. The normalized spacial score (nSPS) is 23.8. The molecule has 2 aliphatic rings. The number of hydrogen-bond acceptors (Lipinski definition) is 3. The zero-order valence-electron chi connectivity index (χ0n) is 16.8. The fourth-order valence-corrected chi connectivity index (χ4v) is 4.30. The third-order valence-corrected chi connectivity index (χ3v) is 5.63. The highest BCUT2D eigenvalue weighted by atomic mass is 35.5. The van der Waals surface area contributed by atoms with Crippen LogP contribution in [-0.2, 0) is 4.74 Å². The van der Waals surface area contributed by atoms with Gasteiger partial charge in [-0.1, -0.05) is 57.0 Å². The lowest BCUT2D eigenvalue weighted by molar-refractivity contribution is 0.128. The number of likely N-dealkylation sites (tertiary alicyclic amines) is 1. The number of hydrogen-bond donors (Lipinski definition) is 0. The van der Waals surface area contributed by atoms with Gasteiger partial charge >= 0.3 is 6.09 Å². The summed E-state index contributed by atoms with van der Waals surface area (Å²) in [4.78, 5) is 17.1. The van der Waals surface area contributed by atoms with Crippen molar-refractivity contribution in [3.63, 3.8) is 0 Å². The number of carbonyl (C=O) groups excluding carboxylic acids is 1. The van der Waals surface area contributed by atoms with Gasteiger partial charge in [0.15, 0.2) is 0 Å². The van der Waals surface area contributed by atoms with Crippen LogP contribution in [0.3, 0.4) is 0 Å². The Morgan fingerprint density at radius 1 is 1.04 bits per heavy atom. The minimum Gasteiger partial charge on any atom is -0.439 e. The fraction of sp³-hybridized carbons (Fsp3) is 0.682. The molecule has 2 fully saturated rings. The summed E-state index contributed by atoms with van der Waals surface area (Å²) in [6, 6.07) is 10.4. The molecule has 2 atom stereocenters. The number of amides is 1. The lowest BCUT2D eigenvalue weighted by atomic mass is 9.94. The van der Waals surface area contributed by atoms with Crippen LogP contribution in [0.1, 0.15) is 64.0 Å². The van der Waals surface area contributed by atoms with Crippen LogP contribution < -0.4 is 0 Å². The van der Waals surface area contributed by atoms with E-state index in [9.17, 15) is 4.79 Å². The number of carbonyl (C=O) groups is 1. The fourth-order valence-electron chi connectivity index (χ4n) is 4.30. The third kappa shape index (κ3) is 6.11. The van der Waals surface area contributed by atoms with Gasteiger partial charge in [0, 0.05) is 6.54 Å². The molecule has 1 aromatic carbocycles. The topological polar surface area (TPSA) is 32.8 Å². The van der Waals surface area contributed by atoms with Crippen LogP contribution >= 0.6 is 12.4 Å². The van der Waals surface area contributed by atoms with Crippen molar-refractivity contribution >= 4 is 18.5 Å². The summed E-state index contributed by atoms with van der Waals surface area (Å²) >= 11 is 0. The zero-order valence-corrected chi connectivity index (χ0v) is 17.6. The maximum Gasteiger partial charge on any atom is 0.410 e. The second-order valence-corrected chi connectivity index (χ2v) is 8.21. The Balaban J connectivity index is 0.00000261. The molecule has 2 saturated heterocycles. The minimum atomic E-state index is -0.139. The number of nitrogens with zero attached hydrogens (tertiary/aromatic N) is 2. The van der Waals surface area contributed by atoms with E-state index in [4.69, 9.17) is 4.74 Å². The first-order valence-electron chi connectivity index (χ1n) is 10.4. The molecular weight excluding hydrogens is 360 g/mol. The Hall–Kier alpha value is -1.26. The van der Waals surface area contributed by atoms with Crippen molar-refractivity contribution in [1.29, 1.82) is 0 Å². The summed E-state index contributed by atoms with van der Waals surface area (Å²) in [6.45, 7) is 8.77. The molecule has 152 valence electrons. The average molecular weight is 395 g/mol. The Kier molecular flexibility index (Phi) is 8.91. The standard InChI is InChI=1S/C22H34N2O2.ClH/c1-18(2)17-20-21(19-11-6-5-7-12-19)26-22(25)24(20)16-10-15-23-13-8-3-4-9-14-23;/h5-7,11-12,18,20-21H,3-4,8-10,13-17H2,1-2H3;1H/t20-,21+;/m0./s1. The number of cyclic esters (lactones) is 1. The SMILES string of the molecule is CC(C)C[C@H]1[C@@H](c2ccccc2)OC(=O)N1CCCN1CCCCCC1.Cl. The smallest absolute Gasteiger partial charge is 0.410 e. The number of benzene rings is 1. The van der Waals surface area contributed by atoms with Gasteiger partial charge in [-0.05, 0) is 56.8 Å². The van der Waals surface area contributed by atoms with E-state index in [2.05, 4.69) is 30.9 Å². The van der Waals surface area contributed by atoms with Gasteiger partial charge in [-0.15, -0.1) is 12.4 Å². The van der Waals surface area contributed by atoms with Crippen molar-refractivity contribution in [3.8, 4) is 0 Å². The van der Waals surface area contributed by atoms with Crippen LogP contribution in [-0.4, -0.2) is 48.1 Å². The Bertz CT molecular complexity index is 559. The third-order valence-electron chi connectivity index (χ3n) is 5.63. The molecule has 0 aliphatic carbocycles. The van der Waals surface area contributed by atoms with Gasteiger partial charge < -0.3 is 14.5 Å². The van der Waals surface area contributed by atoms with E-state index in [1.54, 1.807) is 0 Å². The summed E-state index contributed by atoms with van der Waals surface area (Å²) in [6.07, 6.45) is 7.11. The second-order valence-electron chi connectivity index (χ2n) is 8.21. The summed E-state index contributed by atoms with van der Waals surface area (Å²) in [5.41, 5.74) is 1.11. The van der Waals surface area contributed by atoms with E-state index in [-0.39, 0.29) is 30.6 Å². The largest absolute Gasteiger partial charge is 0.439 e. The Morgan fingerprint density at radius 3 is 2.33 bits per heavy atom. The molecule has 3 rings (SSSR count). The van der Waals surface area contributed by atoms with Crippen LogP contribution in [0.15, 0.2) is 30.3 Å². The molecule has 0 N–H and O–H groups in total. The van der Waals surface area contributed by atoms with Crippen molar-refractivity contribution in [2.24, 2.45) is 5.92 Å². The Morgan fingerprint density at radius 2 is 1.70 bits per heavy atom. The van der Waals surface area contributed by atoms with Crippen LogP contribution in [0, 0.1) is 5.92 Å². The first-order valence-corrected chi connectivity index (χ1v) is 10.4. The van der Waals surface area contributed by atoms with Gasteiger partial charge in [0.1, 0.15) is 6.10 Å². The maximum absolute atomic E-state index is 12.6. The quantitative estimate of drug-likeness (QED) is 0.630. The summed E-state index contributed by atoms with van der Waals surface area (Å²) in [5, 5.41) is 0. The van der Waals surface area contributed by atoms with Gasteiger partial charge in [-0.2, -0.15) is 0 Å². The summed E-state index contributed by atoms with van der Waals surface area (Å²) < 4.78 is 5.81. The molecule has 1 aromatic rings. The molecule has 5 heteroatoms. The summed E-state index contributed by atoms with van der Waals surface area (Å²) in [7, 11) is 0. The summed E-state index contributed by atoms with van der Waals surface area (Å²) in [5.74, 6) is 0.536. The van der Waals surface area contributed by atoms with Gasteiger partial charge in [0.2, 0.25) is 0 Å². The van der Waals surface area contributed by atoms with Crippen molar-refractivity contribution in [3.05, 3.63) is 35.9 Å². The second kappa shape index (κ2) is 10.9. The van der Waals surface area contributed by atoms with Gasteiger partial charge in [-0.3, -0.25) is 0 Å². The Labute approximate surface area is 170 Å². The zero-order chi connectivity index (χ0) is 18.4. The molecule has 0 saturated carbocycles. The molecule has 0 radical (unpaired) electrons. The lowest BCUT2D eigenvalue weighted by Crippen LogP contribution is -2.37. The number of halogens is 1. The van der Waals surface area contributed by atoms with Crippen LogP contribution in [0.5, 0.6) is 0 Å². The molecular formula is C22H35ClN2O2. The molecule has 2 heterocycles.